The van der Waals surface area contributed by atoms with E-state index in [0.29, 0.717) is 13.1 Å². The summed E-state index contributed by atoms with van der Waals surface area (Å²) < 4.78 is 34.3. The minimum absolute atomic E-state index is 0.0359. The maximum atomic E-state index is 12.3. The van der Waals surface area contributed by atoms with E-state index in [-0.39, 0.29) is 18.8 Å². The van der Waals surface area contributed by atoms with Gasteiger partial charge >= 0.3 is 11.8 Å². The van der Waals surface area contributed by atoms with Gasteiger partial charge in [0.1, 0.15) is 11.9 Å². The van der Waals surface area contributed by atoms with Crippen LogP contribution in [0, 0.1) is 0 Å². The maximum absolute atomic E-state index is 12.3. The van der Waals surface area contributed by atoms with Gasteiger partial charge in [-0.15, -0.1) is 0 Å². The Morgan fingerprint density at radius 3 is 2.38 bits per heavy atom. The molecule has 0 unspecified atom stereocenters. The number of amides is 1. The molecule has 1 heterocycles. The predicted octanol–water partition coefficient (Wildman–Crippen LogP) is 1.09. The Balaban J connectivity index is 1.90. The van der Waals surface area contributed by atoms with Crippen LogP contribution in [-0.4, -0.2) is 47.3 Å². The van der Waals surface area contributed by atoms with E-state index in [9.17, 15) is 18.0 Å². The van der Waals surface area contributed by atoms with Gasteiger partial charge in [-0.1, -0.05) is 24.3 Å². The Kier molecular flexibility index (Phi) is 7.20. The summed E-state index contributed by atoms with van der Waals surface area (Å²) in [5.74, 6) is 0. The monoisotopic (exact) mass is 426 g/mol. The largest absolute Gasteiger partial charge is 0.444 e. The molecule has 0 atom stereocenters. The van der Waals surface area contributed by atoms with Gasteiger partial charge < -0.3 is 10.1 Å². The fraction of sp³-hybridized carbons (Fsp3) is 0.500. The molecule has 0 saturated heterocycles. The summed E-state index contributed by atoms with van der Waals surface area (Å²) >= 11 is 0. The van der Waals surface area contributed by atoms with Crippen LogP contribution in [0.5, 0.6) is 0 Å². The molecule has 0 aliphatic heterocycles. The van der Waals surface area contributed by atoms with Crippen LogP contribution in [0.3, 0.4) is 0 Å². The highest BCUT2D eigenvalue weighted by molar-refractivity contribution is 7.85. The fourth-order valence-corrected chi connectivity index (χ4v) is 2.73. The standard InChI is InChI=1S/C18H26N4O6S/c1-18(2,3)28-16(23)19-11-14-5-7-15(8-6-14)12-21-13-20-22(17(21)24)9-10-27-29(4,25)26/h5-8,13H,9-12H2,1-4H3,(H,19,23). The summed E-state index contributed by atoms with van der Waals surface area (Å²) in [7, 11) is -3.56. The first-order chi connectivity index (χ1) is 13.4. The van der Waals surface area contributed by atoms with Crippen molar-refractivity contribution in [1.29, 1.82) is 0 Å². The van der Waals surface area contributed by atoms with E-state index in [1.165, 1.54) is 10.9 Å². The molecule has 1 N–H and O–H groups in total. The van der Waals surface area contributed by atoms with Gasteiger partial charge in [-0.3, -0.25) is 8.75 Å². The summed E-state index contributed by atoms with van der Waals surface area (Å²) in [5, 5.41) is 6.64. The second-order valence-electron chi connectivity index (χ2n) is 7.46. The van der Waals surface area contributed by atoms with Gasteiger partial charge in [0.25, 0.3) is 10.1 Å². The van der Waals surface area contributed by atoms with Crippen LogP contribution in [0.15, 0.2) is 35.4 Å². The molecule has 0 radical (unpaired) electrons. The maximum Gasteiger partial charge on any atom is 0.407 e. The third-order valence-electron chi connectivity index (χ3n) is 3.61. The molecule has 0 spiro atoms. The highest BCUT2D eigenvalue weighted by atomic mass is 32.2. The van der Waals surface area contributed by atoms with Crippen LogP contribution in [0.2, 0.25) is 0 Å². The summed E-state index contributed by atoms with van der Waals surface area (Å²) in [6, 6.07) is 7.40. The molecule has 1 amide bonds. The highest BCUT2D eigenvalue weighted by Gasteiger charge is 2.15. The van der Waals surface area contributed by atoms with E-state index in [1.807, 2.05) is 24.3 Å². The zero-order chi connectivity index (χ0) is 21.7. The number of hydrogen-bond acceptors (Lipinski definition) is 7. The molecule has 29 heavy (non-hydrogen) atoms. The first kappa shape index (κ1) is 22.6. The van der Waals surface area contributed by atoms with E-state index in [0.717, 1.165) is 22.1 Å². The predicted molar refractivity (Wildman–Crippen MR) is 106 cm³/mol. The average molecular weight is 426 g/mol. The Bertz CT molecular complexity index is 987. The molecule has 0 aliphatic rings. The number of carbonyl (C=O) groups is 1. The molecule has 1 aromatic heterocycles. The number of hydrogen-bond donors (Lipinski definition) is 1. The molecular weight excluding hydrogens is 400 g/mol. The molecule has 0 bridgehead atoms. The number of aromatic nitrogens is 3. The number of nitrogens with one attached hydrogen (secondary N) is 1. The number of alkyl carbamates (subject to hydrolysis) is 1. The van der Waals surface area contributed by atoms with Crippen LogP contribution in [0.1, 0.15) is 31.9 Å². The van der Waals surface area contributed by atoms with Crippen molar-refractivity contribution in [3.63, 3.8) is 0 Å². The topological polar surface area (TPSA) is 122 Å². The number of benzene rings is 1. The molecule has 160 valence electrons. The summed E-state index contributed by atoms with van der Waals surface area (Å²) in [6.45, 7) is 5.90. The molecule has 0 fully saturated rings. The molecule has 0 aliphatic carbocycles. The van der Waals surface area contributed by atoms with E-state index in [2.05, 4.69) is 14.6 Å². The van der Waals surface area contributed by atoms with Gasteiger partial charge in [0, 0.05) is 6.54 Å². The number of carbonyl (C=O) groups excluding carboxylic acids is 1. The lowest BCUT2D eigenvalue weighted by Crippen LogP contribution is -2.32. The third kappa shape index (κ3) is 8.08. The number of nitrogens with zero attached hydrogens (tertiary/aromatic N) is 3. The van der Waals surface area contributed by atoms with Crippen molar-refractivity contribution in [2.24, 2.45) is 0 Å². The zero-order valence-corrected chi connectivity index (χ0v) is 17.7. The van der Waals surface area contributed by atoms with Crippen LogP contribution in [0.4, 0.5) is 4.79 Å². The van der Waals surface area contributed by atoms with E-state index in [4.69, 9.17) is 4.74 Å². The van der Waals surface area contributed by atoms with Gasteiger partial charge in [-0.05, 0) is 31.9 Å². The normalized spacial score (nSPS) is 12.0. The average Bonchev–Trinajstić information content (AvgIpc) is 2.92. The minimum Gasteiger partial charge on any atom is -0.444 e. The van der Waals surface area contributed by atoms with Crippen LogP contribution >= 0.6 is 0 Å². The lowest BCUT2D eigenvalue weighted by atomic mass is 10.1. The fourth-order valence-electron chi connectivity index (χ4n) is 2.36. The summed E-state index contributed by atoms with van der Waals surface area (Å²) in [6.07, 6.45) is 1.85. The van der Waals surface area contributed by atoms with Gasteiger partial charge in [-0.2, -0.15) is 13.5 Å². The van der Waals surface area contributed by atoms with Crippen molar-refractivity contribution in [3.05, 3.63) is 52.2 Å². The number of ether oxygens (including phenoxy) is 1. The Hall–Kier alpha value is -2.66. The second-order valence-corrected chi connectivity index (χ2v) is 9.11. The summed E-state index contributed by atoms with van der Waals surface area (Å²) in [5.41, 5.74) is 0.848. The van der Waals surface area contributed by atoms with E-state index in [1.54, 1.807) is 20.8 Å². The number of rotatable bonds is 8. The minimum atomic E-state index is -3.56. The SMILES string of the molecule is CC(C)(C)OC(=O)NCc1ccc(Cn2cnn(CCOS(C)(=O)=O)c2=O)cc1. The van der Waals surface area contributed by atoms with Crippen molar-refractivity contribution in [2.75, 3.05) is 12.9 Å². The van der Waals surface area contributed by atoms with Gasteiger partial charge in [0.05, 0.1) is 26.0 Å². The smallest absolute Gasteiger partial charge is 0.407 e. The molecule has 2 aromatic rings. The molecule has 1 aromatic carbocycles. The first-order valence-corrected chi connectivity index (χ1v) is 10.8. The Morgan fingerprint density at radius 1 is 1.17 bits per heavy atom. The van der Waals surface area contributed by atoms with Gasteiger partial charge in [-0.25, -0.2) is 14.3 Å². The molecule has 2 rings (SSSR count). The third-order valence-corrected chi connectivity index (χ3v) is 4.20. The summed E-state index contributed by atoms with van der Waals surface area (Å²) in [4.78, 5) is 24.0. The Labute approximate surface area is 169 Å². The van der Waals surface area contributed by atoms with Crippen molar-refractivity contribution in [3.8, 4) is 0 Å². The van der Waals surface area contributed by atoms with E-state index < -0.39 is 21.8 Å². The van der Waals surface area contributed by atoms with Crippen molar-refractivity contribution in [2.45, 2.75) is 46.0 Å². The van der Waals surface area contributed by atoms with Crippen molar-refractivity contribution >= 4 is 16.2 Å². The van der Waals surface area contributed by atoms with Crippen LogP contribution < -0.4 is 11.0 Å². The van der Waals surface area contributed by atoms with Crippen molar-refractivity contribution in [1.82, 2.24) is 19.7 Å². The zero-order valence-electron chi connectivity index (χ0n) is 16.9. The second kappa shape index (κ2) is 9.23. The molecule has 0 saturated carbocycles. The van der Waals surface area contributed by atoms with Gasteiger partial charge in [0.15, 0.2) is 0 Å². The molecular formula is C18H26N4O6S. The lowest BCUT2D eigenvalue weighted by molar-refractivity contribution is 0.0523. The van der Waals surface area contributed by atoms with Crippen LogP contribution in [0.25, 0.3) is 0 Å². The lowest BCUT2D eigenvalue weighted by Gasteiger charge is -2.19. The van der Waals surface area contributed by atoms with Crippen LogP contribution in [-0.2, 0) is 38.7 Å². The Morgan fingerprint density at radius 2 is 1.79 bits per heavy atom. The van der Waals surface area contributed by atoms with Crippen molar-refractivity contribution < 1.29 is 22.1 Å². The first-order valence-electron chi connectivity index (χ1n) is 8.94. The quantitative estimate of drug-likeness (QED) is 0.627. The van der Waals surface area contributed by atoms with Gasteiger partial charge in [0.2, 0.25) is 0 Å². The molecule has 11 heteroatoms. The highest BCUT2D eigenvalue weighted by Crippen LogP contribution is 2.08. The van der Waals surface area contributed by atoms with E-state index >= 15 is 0 Å². The molecule has 10 nitrogen and oxygen atoms in total.